The van der Waals surface area contributed by atoms with Crippen LogP contribution in [0, 0.1) is 5.41 Å². The molecule has 0 atom stereocenters. The number of nitrogens with zero attached hydrogens (tertiary/aromatic N) is 2. The normalized spacial score (nSPS) is 13.1. The summed E-state index contributed by atoms with van der Waals surface area (Å²) in [5, 5.41) is 9.86. The molecule has 182 valence electrons. The SMILES string of the molecule is C=C(/C=c1/cccc/c1=C/C)c1cccc(C(/C=C/c2ccc(C/C=N\CCCC)cc2)=N/C=N)c1. The average Bonchev–Trinajstić information content (AvgIpc) is 2.92. The first kappa shape index (κ1) is 26.5. The third-order valence-electron chi connectivity index (χ3n) is 5.88. The second-order valence-electron chi connectivity index (χ2n) is 8.53. The third-order valence-corrected chi connectivity index (χ3v) is 5.88. The van der Waals surface area contributed by atoms with Crippen molar-refractivity contribution in [1.82, 2.24) is 0 Å². The molecule has 0 amide bonds. The van der Waals surface area contributed by atoms with E-state index in [1.807, 2.05) is 49.6 Å². The predicted molar refractivity (Wildman–Crippen MR) is 159 cm³/mol. The molecule has 3 aromatic carbocycles. The second-order valence-corrected chi connectivity index (χ2v) is 8.53. The number of benzene rings is 3. The Morgan fingerprint density at radius 3 is 2.42 bits per heavy atom. The Morgan fingerprint density at radius 2 is 1.69 bits per heavy atom. The van der Waals surface area contributed by atoms with Gasteiger partial charge in [0.25, 0.3) is 0 Å². The van der Waals surface area contributed by atoms with Crippen LogP contribution in [0.5, 0.6) is 0 Å². The van der Waals surface area contributed by atoms with E-state index in [1.54, 1.807) is 0 Å². The molecule has 3 nitrogen and oxygen atoms in total. The van der Waals surface area contributed by atoms with Gasteiger partial charge in [-0.25, -0.2) is 4.99 Å². The Bertz CT molecular complexity index is 1370. The monoisotopic (exact) mass is 473 g/mol. The summed E-state index contributed by atoms with van der Waals surface area (Å²) in [6.07, 6.45) is 14.4. The van der Waals surface area contributed by atoms with Crippen LogP contribution in [0.15, 0.2) is 95.4 Å². The van der Waals surface area contributed by atoms with E-state index in [0.29, 0.717) is 0 Å². The van der Waals surface area contributed by atoms with E-state index in [9.17, 15) is 0 Å². The Hall–Kier alpha value is -4.11. The Kier molecular flexibility index (Phi) is 10.5. The summed E-state index contributed by atoms with van der Waals surface area (Å²) < 4.78 is 0. The highest BCUT2D eigenvalue weighted by atomic mass is 14.8. The summed E-state index contributed by atoms with van der Waals surface area (Å²) in [7, 11) is 0. The Morgan fingerprint density at radius 1 is 0.944 bits per heavy atom. The molecule has 0 aliphatic carbocycles. The fourth-order valence-corrected chi connectivity index (χ4v) is 3.79. The molecule has 0 saturated carbocycles. The molecule has 0 bridgehead atoms. The molecule has 0 aliphatic heterocycles. The minimum atomic E-state index is 0.731. The number of rotatable bonds is 11. The molecule has 3 heteroatoms. The summed E-state index contributed by atoms with van der Waals surface area (Å²) in [5.41, 5.74) is 5.95. The van der Waals surface area contributed by atoms with Crippen molar-refractivity contribution in [3.05, 3.63) is 118 Å². The van der Waals surface area contributed by atoms with E-state index in [0.717, 1.165) is 58.9 Å². The van der Waals surface area contributed by atoms with Gasteiger partial charge in [0.2, 0.25) is 0 Å². The maximum absolute atomic E-state index is 7.55. The van der Waals surface area contributed by atoms with Gasteiger partial charge in [0.15, 0.2) is 0 Å². The average molecular weight is 474 g/mol. The quantitative estimate of drug-likeness (QED) is 0.188. The van der Waals surface area contributed by atoms with Crippen LogP contribution in [-0.4, -0.2) is 24.8 Å². The van der Waals surface area contributed by atoms with Crippen molar-refractivity contribution in [2.24, 2.45) is 9.98 Å². The van der Waals surface area contributed by atoms with Crippen molar-refractivity contribution < 1.29 is 0 Å². The lowest BCUT2D eigenvalue weighted by molar-refractivity contribution is 0.809. The molecule has 0 saturated heterocycles. The van der Waals surface area contributed by atoms with E-state index in [4.69, 9.17) is 5.41 Å². The summed E-state index contributed by atoms with van der Waals surface area (Å²) >= 11 is 0. The van der Waals surface area contributed by atoms with Crippen LogP contribution >= 0.6 is 0 Å². The van der Waals surface area contributed by atoms with Crippen molar-refractivity contribution in [2.75, 3.05) is 6.54 Å². The van der Waals surface area contributed by atoms with E-state index in [2.05, 4.69) is 84.2 Å². The van der Waals surface area contributed by atoms with E-state index >= 15 is 0 Å². The Balaban J connectivity index is 1.77. The molecule has 0 aliphatic rings. The van der Waals surface area contributed by atoms with Gasteiger partial charge in [-0.1, -0.05) is 98.8 Å². The van der Waals surface area contributed by atoms with Crippen LogP contribution in [0.3, 0.4) is 0 Å². The van der Waals surface area contributed by atoms with Crippen LogP contribution in [0.25, 0.3) is 23.8 Å². The molecule has 0 radical (unpaired) electrons. The highest BCUT2D eigenvalue weighted by molar-refractivity contribution is 6.13. The van der Waals surface area contributed by atoms with Gasteiger partial charge in [-0.2, -0.15) is 0 Å². The maximum Gasteiger partial charge on any atom is 0.107 e. The van der Waals surface area contributed by atoms with Gasteiger partial charge in [-0.05, 0) is 64.3 Å². The minimum Gasteiger partial charge on any atom is -0.297 e. The lowest BCUT2D eigenvalue weighted by Crippen LogP contribution is -2.23. The van der Waals surface area contributed by atoms with Crippen molar-refractivity contribution in [3.63, 3.8) is 0 Å². The van der Waals surface area contributed by atoms with Gasteiger partial charge < -0.3 is 0 Å². The second kappa shape index (κ2) is 14.3. The molecule has 0 spiro atoms. The van der Waals surface area contributed by atoms with Gasteiger partial charge in [0, 0.05) is 24.7 Å². The zero-order valence-corrected chi connectivity index (χ0v) is 21.3. The van der Waals surface area contributed by atoms with Crippen LogP contribution in [-0.2, 0) is 6.42 Å². The zero-order valence-electron chi connectivity index (χ0n) is 21.3. The zero-order chi connectivity index (χ0) is 25.6. The van der Waals surface area contributed by atoms with Crippen molar-refractivity contribution in [2.45, 2.75) is 33.1 Å². The van der Waals surface area contributed by atoms with Crippen molar-refractivity contribution >= 4 is 42.1 Å². The molecule has 0 unspecified atom stereocenters. The van der Waals surface area contributed by atoms with Crippen LogP contribution in [0.2, 0.25) is 0 Å². The number of nitrogens with one attached hydrogen (secondary N) is 1. The summed E-state index contributed by atoms with van der Waals surface area (Å²) in [5.74, 6) is 0. The molecule has 0 fully saturated rings. The van der Waals surface area contributed by atoms with Crippen LogP contribution in [0.4, 0.5) is 0 Å². The van der Waals surface area contributed by atoms with Crippen molar-refractivity contribution in [3.8, 4) is 0 Å². The molecular weight excluding hydrogens is 438 g/mol. The highest BCUT2D eigenvalue weighted by Crippen LogP contribution is 2.17. The summed E-state index contributed by atoms with van der Waals surface area (Å²) in [6.45, 7) is 9.42. The first-order valence-electron chi connectivity index (χ1n) is 12.5. The number of aliphatic imine (C=N–C) groups is 2. The van der Waals surface area contributed by atoms with E-state index < -0.39 is 0 Å². The fraction of sp³-hybridized carbons (Fsp3) is 0.182. The lowest BCUT2D eigenvalue weighted by atomic mass is 10.00. The van der Waals surface area contributed by atoms with E-state index in [1.165, 1.54) is 17.2 Å². The number of hydrogen-bond acceptors (Lipinski definition) is 2. The molecule has 36 heavy (non-hydrogen) atoms. The van der Waals surface area contributed by atoms with Gasteiger partial charge in [0.05, 0.1) is 5.71 Å². The largest absolute Gasteiger partial charge is 0.297 e. The number of allylic oxidation sites excluding steroid dienone is 2. The molecule has 0 aromatic heterocycles. The predicted octanol–water partition coefficient (Wildman–Crippen LogP) is 6.50. The minimum absolute atomic E-state index is 0.731. The fourth-order valence-electron chi connectivity index (χ4n) is 3.79. The number of unbranched alkanes of at least 4 members (excludes halogenated alkanes) is 1. The molecule has 0 heterocycles. The molecule has 1 N–H and O–H groups in total. The van der Waals surface area contributed by atoms with E-state index in [-0.39, 0.29) is 0 Å². The first-order valence-corrected chi connectivity index (χ1v) is 12.5. The molecule has 3 rings (SSSR count). The van der Waals surface area contributed by atoms with Crippen molar-refractivity contribution in [1.29, 1.82) is 5.41 Å². The smallest absolute Gasteiger partial charge is 0.107 e. The highest BCUT2D eigenvalue weighted by Gasteiger charge is 2.03. The maximum atomic E-state index is 7.55. The molecule has 3 aromatic rings. The van der Waals surface area contributed by atoms with Gasteiger partial charge in [0.1, 0.15) is 6.34 Å². The standard InChI is InChI=1S/C33H35N3/c1-4-6-21-35-22-20-28-16-14-27(15-17-28)18-19-33(36-25-34)32-13-9-12-30(24-32)26(3)23-31-11-8-7-10-29(31)5-2/h5,7-19,22-25,34H,3-4,6,20-21H2,1-2H3/b19-18+,29-5-,31-23-,34-25?,35-22-,36-33+. The topological polar surface area (TPSA) is 48.6 Å². The summed E-state index contributed by atoms with van der Waals surface area (Å²) in [4.78, 5) is 8.77. The summed E-state index contributed by atoms with van der Waals surface area (Å²) in [6, 6.07) is 24.9. The van der Waals surface area contributed by atoms with Crippen LogP contribution < -0.4 is 10.4 Å². The van der Waals surface area contributed by atoms with Gasteiger partial charge in [-0.3, -0.25) is 10.4 Å². The lowest BCUT2D eigenvalue weighted by Gasteiger charge is -2.06. The molecular formula is C33H35N3. The van der Waals surface area contributed by atoms with Gasteiger partial charge in [-0.15, -0.1) is 0 Å². The van der Waals surface area contributed by atoms with Crippen LogP contribution in [0.1, 0.15) is 48.9 Å². The first-order chi connectivity index (χ1) is 17.6. The number of hydrogen-bond donors (Lipinski definition) is 1. The van der Waals surface area contributed by atoms with Gasteiger partial charge >= 0.3 is 0 Å². The third kappa shape index (κ3) is 7.99. The Labute approximate surface area is 215 Å².